The average molecular weight is 274 g/mol. The lowest BCUT2D eigenvalue weighted by atomic mass is 10.1. The first kappa shape index (κ1) is 14.4. The standard InChI is InChI=1S/C15H22N4O/c1-3-10-18(2)15(20)17-13-7-6-11-19(12-13)14-8-4-5-9-16-14/h3-5,8-9,13H,1,6-7,10-12H2,2H3,(H,17,20)/t13-/m1/s1. The van der Waals surface area contributed by atoms with Gasteiger partial charge in [-0.25, -0.2) is 9.78 Å². The summed E-state index contributed by atoms with van der Waals surface area (Å²) < 4.78 is 0. The molecule has 0 unspecified atom stereocenters. The fourth-order valence-corrected chi connectivity index (χ4v) is 2.41. The summed E-state index contributed by atoms with van der Waals surface area (Å²) in [6, 6.07) is 6.04. The molecule has 1 aliphatic heterocycles. The maximum absolute atomic E-state index is 12.0. The Balaban J connectivity index is 1.91. The second-order valence-corrected chi connectivity index (χ2v) is 5.09. The molecule has 0 aromatic carbocycles. The van der Waals surface area contributed by atoms with E-state index in [0.29, 0.717) is 6.54 Å². The molecule has 1 atom stereocenters. The van der Waals surface area contributed by atoms with Crippen LogP contribution in [0.25, 0.3) is 0 Å². The number of nitrogens with one attached hydrogen (secondary N) is 1. The van der Waals surface area contributed by atoms with E-state index in [4.69, 9.17) is 0 Å². The van der Waals surface area contributed by atoms with Gasteiger partial charge in [0.15, 0.2) is 0 Å². The van der Waals surface area contributed by atoms with Crippen molar-refractivity contribution < 1.29 is 4.79 Å². The van der Waals surface area contributed by atoms with Gasteiger partial charge in [0, 0.05) is 38.9 Å². The number of aromatic nitrogens is 1. The van der Waals surface area contributed by atoms with E-state index in [0.717, 1.165) is 31.7 Å². The molecule has 0 aliphatic carbocycles. The first-order valence-corrected chi connectivity index (χ1v) is 6.99. The topological polar surface area (TPSA) is 48.5 Å². The van der Waals surface area contributed by atoms with Gasteiger partial charge in [0.2, 0.25) is 0 Å². The molecule has 0 saturated carbocycles. The molecule has 2 rings (SSSR count). The molecule has 1 aromatic heterocycles. The molecular weight excluding hydrogens is 252 g/mol. The molecule has 0 spiro atoms. The molecule has 108 valence electrons. The summed E-state index contributed by atoms with van der Waals surface area (Å²) in [5.41, 5.74) is 0. The highest BCUT2D eigenvalue weighted by molar-refractivity contribution is 5.74. The monoisotopic (exact) mass is 274 g/mol. The third-order valence-corrected chi connectivity index (χ3v) is 3.47. The highest BCUT2D eigenvalue weighted by Crippen LogP contribution is 2.17. The number of hydrogen-bond acceptors (Lipinski definition) is 3. The maximum atomic E-state index is 12.0. The number of urea groups is 1. The Labute approximate surface area is 120 Å². The third-order valence-electron chi connectivity index (χ3n) is 3.47. The van der Waals surface area contributed by atoms with Gasteiger partial charge < -0.3 is 15.1 Å². The fraction of sp³-hybridized carbons (Fsp3) is 0.467. The van der Waals surface area contributed by atoms with E-state index >= 15 is 0 Å². The number of amides is 2. The van der Waals surface area contributed by atoms with Crippen LogP contribution in [0.4, 0.5) is 10.6 Å². The van der Waals surface area contributed by atoms with Crippen LogP contribution in [-0.2, 0) is 0 Å². The molecule has 1 aliphatic rings. The summed E-state index contributed by atoms with van der Waals surface area (Å²) >= 11 is 0. The second kappa shape index (κ2) is 6.93. The smallest absolute Gasteiger partial charge is 0.317 e. The Kier molecular flexibility index (Phi) is 4.98. The molecule has 5 nitrogen and oxygen atoms in total. The summed E-state index contributed by atoms with van der Waals surface area (Å²) in [6.45, 7) is 6.00. The Morgan fingerprint density at radius 3 is 3.20 bits per heavy atom. The molecule has 2 heterocycles. The lowest BCUT2D eigenvalue weighted by Crippen LogP contribution is -2.51. The van der Waals surface area contributed by atoms with Crippen LogP contribution in [0.3, 0.4) is 0 Å². The van der Waals surface area contributed by atoms with Crippen molar-refractivity contribution in [2.45, 2.75) is 18.9 Å². The summed E-state index contributed by atoms with van der Waals surface area (Å²) in [7, 11) is 1.77. The predicted molar refractivity (Wildman–Crippen MR) is 80.8 cm³/mol. The lowest BCUT2D eigenvalue weighted by molar-refractivity contribution is 0.207. The Morgan fingerprint density at radius 1 is 1.65 bits per heavy atom. The van der Waals surface area contributed by atoms with Crippen LogP contribution >= 0.6 is 0 Å². The van der Waals surface area contributed by atoms with E-state index in [9.17, 15) is 4.79 Å². The average Bonchev–Trinajstić information content (AvgIpc) is 2.48. The van der Waals surface area contributed by atoms with Gasteiger partial charge in [-0.05, 0) is 25.0 Å². The normalized spacial score (nSPS) is 18.4. The minimum absolute atomic E-state index is 0.0437. The van der Waals surface area contributed by atoms with Crippen LogP contribution in [0.1, 0.15) is 12.8 Å². The van der Waals surface area contributed by atoms with Crippen LogP contribution in [-0.4, -0.2) is 48.6 Å². The van der Waals surface area contributed by atoms with Crippen molar-refractivity contribution >= 4 is 11.8 Å². The number of carbonyl (C=O) groups is 1. The Morgan fingerprint density at radius 2 is 2.50 bits per heavy atom. The number of anilines is 1. The van der Waals surface area contributed by atoms with Crippen molar-refractivity contribution in [3.63, 3.8) is 0 Å². The molecular formula is C15H22N4O. The minimum atomic E-state index is -0.0437. The van der Waals surface area contributed by atoms with Crippen molar-refractivity contribution in [2.75, 3.05) is 31.6 Å². The fourth-order valence-electron chi connectivity index (χ4n) is 2.41. The zero-order valence-corrected chi connectivity index (χ0v) is 12.0. The zero-order valence-electron chi connectivity index (χ0n) is 12.0. The SMILES string of the molecule is C=CCN(C)C(=O)N[C@@H]1CCCN(c2ccccn2)C1. The van der Waals surface area contributed by atoms with Gasteiger partial charge in [0.25, 0.3) is 0 Å². The first-order valence-electron chi connectivity index (χ1n) is 6.99. The molecule has 1 N–H and O–H groups in total. The highest BCUT2D eigenvalue weighted by atomic mass is 16.2. The van der Waals surface area contributed by atoms with E-state index in [1.54, 1.807) is 24.2 Å². The number of likely N-dealkylation sites (N-methyl/N-ethyl adjacent to an activating group) is 1. The van der Waals surface area contributed by atoms with E-state index in [1.807, 2.05) is 18.2 Å². The molecule has 2 amide bonds. The number of rotatable bonds is 4. The van der Waals surface area contributed by atoms with Crippen LogP contribution in [0, 0.1) is 0 Å². The van der Waals surface area contributed by atoms with Gasteiger partial charge in [-0.2, -0.15) is 0 Å². The molecule has 1 aromatic rings. The zero-order chi connectivity index (χ0) is 14.4. The predicted octanol–water partition coefficient (Wildman–Crippen LogP) is 1.88. The number of pyridine rings is 1. The lowest BCUT2D eigenvalue weighted by Gasteiger charge is -2.34. The summed E-state index contributed by atoms with van der Waals surface area (Å²) in [5.74, 6) is 0.978. The molecule has 1 fully saturated rings. The highest BCUT2D eigenvalue weighted by Gasteiger charge is 2.22. The molecule has 5 heteroatoms. The third kappa shape index (κ3) is 3.73. The van der Waals surface area contributed by atoms with E-state index < -0.39 is 0 Å². The van der Waals surface area contributed by atoms with Crippen LogP contribution in [0.15, 0.2) is 37.1 Å². The number of hydrogen-bond donors (Lipinski definition) is 1. The van der Waals surface area contributed by atoms with Crippen molar-refractivity contribution in [3.8, 4) is 0 Å². The Hall–Kier alpha value is -2.04. The van der Waals surface area contributed by atoms with E-state index in [2.05, 4.69) is 21.8 Å². The summed E-state index contributed by atoms with van der Waals surface area (Å²) in [5, 5.41) is 3.07. The van der Waals surface area contributed by atoms with Crippen molar-refractivity contribution in [2.24, 2.45) is 0 Å². The first-order chi connectivity index (χ1) is 9.70. The van der Waals surface area contributed by atoms with Crippen LogP contribution in [0.2, 0.25) is 0 Å². The number of nitrogens with zero attached hydrogens (tertiary/aromatic N) is 3. The Bertz CT molecular complexity index is 448. The van der Waals surface area contributed by atoms with Crippen LogP contribution < -0.4 is 10.2 Å². The minimum Gasteiger partial charge on any atom is -0.355 e. The quantitative estimate of drug-likeness (QED) is 0.853. The maximum Gasteiger partial charge on any atom is 0.317 e. The van der Waals surface area contributed by atoms with Crippen LogP contribution in [0.5, 0.6) is 0 Å². The van der Waals surface area contributed by atoms with Gasteiger partial charge in [0.05, 0.1) is 0 Å². The van der Waals surface area contributed by atoms with Crippen molar-refractivity contribution in [1.82, 2.24) is 15.2 Å². The molecule has 0 radical (unpaired) electrons. The van der Waals surface area contributed by atoms with Gasteiger partial charge in [-0.1, -0.05) is 12.1 Å². The van der Waals surface area contributed by atoms with Crippen molar-refractivity contribution in [1.29, 1.82) is 0 Å². The second-order valence-electron chi connectivity index (χ2n) is 5.09. The molecule has 20 heavy (non-hydrogen) atoms. The number of piperidine rings is 1. The number of carbonyl (C=O) groups excluding carboxylic acids is 1. The van der Waals surface area contributed by atoms with Crippen molar-refractivity contribution in [3.05, 3.63) is 37.1 Å². The summed E-state index contributed by atoms with van der Waals surface area (Å²) in [4.78, 5) is 20.2. The summed E-state index contributed by atoms with van der Waals surface area (Å²) in [6.07, 6.45) is 5.60. The molecule has 1 saturated heterocycles. The molecule has 0 bridgehead atoms. The van der Waals surface area contributed by atoms with Gasteiger partial charge in [-0.3, -0.25) is 0 Å². The largest absolute Gasteiger partial charge is 0.355 e. The van der Waals surface area contributed by atoms with E-state index in [1.165, 1.54) is 0 Å². The van der Waals surface area contributed by atoms with Gasteiger partial charge >= 0.3 is 6.03 Å². The van der Waals surface area contributed by atoms with Gasteiger partial charge in [-0.15, -0.1) is 6.58 Å². The van der Waals surface area contributed by atoms with Gasteiger partial charge in [0.1, 0.15) is 5.82 Å². The van der Waals surface area contributed by atoms with E-state index in [-0.39, 0.29) is 12.1 Å².